The lowest BCUT2D eigenvalue weighted by atomic mass is 10.2. The van der Waals surface area contributed by atoms with E-state index in [1.807, 2.05) is 0 Å². The number of carbonyl (C=O) groups excluding carboxylic acids is 1. The summed E-state index contributed by atoms with van der Waals surface area (Å²) in [4.78, 5) is 10.8. The Morgan fingerprint density at radius 3 is 2.24 bits per heavy atom. The molecule has 0 atom stereocenters. The van der Waals surface area contributed by atoms with Gasteiger partial charge in [0.2, 0.25) is 0 Å². The SMILES string of the molecule is CCCCCC=CCC=CCCCC(=O)OC. The number of carbonyl (C=O) groups is 1. The zero-order valence-corrected chi connectivity index (χ0v) is 11.3. The lowest BCUT2D eigenvalue weighted by Gasteiger charge is -1.95. The maximum atomic E-state index is 10.8. The maximum Gasteiger partial charge on any atom is 0.305 e. The average molecular weight is 238 g/mol. The number of hydrogen-bond donors (Lipinski definition) is 0. The molecular formula is C15H26O2. The Hall–Kier alpha value is -1.05. The smallest absolute Gasteiger partial charge is 0.305 e. The van der Waals surface area contributed by atoms with Gasteiger partial charge in [-0.25, -0.2) is 0 Å². The van der Waals surface area contributed by atoms with Crippen molar-refractivity contribution < 1.29 is 9.53 Å². The van der Waals surface area contributed by atoms with Crippen LogP contribution >= 0.6 is 0 Å². The molecule has 2 nitrogen and oxygen atoms in total. The highest BCUT2D eigenvalue weighted by Crippen LogP contribution is 2.02. The first kappa shape index (κ1) is 16.0. The minimum atomic E-state index is -0.116. The van der Waals surface area contributed by atoms with Crippen LogP contribution < -0.4 is 0 Å². The Kier molecular flexibility index (Phi) is 12.2. The second-order valence-electron chi connectivity index (χ2n) is 4.14. The van der Waals surface area contributed by atoms with Crippen molar-refractivity contribution in [3.8, 4) is 0 Å². The van der Waals surface area contributed by atoms with Crippen molar-refractivity contribution in [3.05, 3.63) is 24.3 Å². The number of methoxy groups -OCH3 is 1. The van der Waals surface area contributed by atoms with Crippen molar-refractivity contribution in [2.75, 3.05) is 7.11 Å². The summed E-state index contributed by atoms with van der Waals surface area (Å²) < 4.78 is 4.57. The van der Waals surface area contributed by atoms with Gasteiger partial charge in [0.05, 0.1) is 7.11 Å². The molecule has 0 aliphatic rings. The topological polar surface area (TPSA) is 26.3 Å². The van der Waals surface area contributed by atoms with E-state index in [2.05, 4.69) is 36.0 Å². The van der Waals surface area contributed by atoms with Crippen LogP contribution in [-0.2, 0) is 9.53 Å². The van der Waals surface area contributed by atoms with Gasteiger partial charge in [-0.2, -0.15) is 0 Å². The molecule has 0 saturated heterocycles. The van der Waals surface area contributed by atoms with Crippen LogP contribution in [0.5, 0.6) is 0 Å². The van der Waals surface area contributed by atoms with Crippen LogP contribution in [0.4, 0.5) is 0 Å². The van der Waals surface area contributed by atoms with Gasteiger partial charge >= 0.3 is 5.97 Å². The average Bonchev–Trinajstić information content (AvgIpc) is 2.35. The predicted octanol–water partition coefficient (Wildman–Crippen LogP) is 4.41. The molecule has 17 heavy (non-hydrogen) atoms. The summed E-state index contributed by atoms with van der Waals surface area (Å²) in [5.74, 6) is -0.116. The van der Waals surface area contributed by atoms with Crippen molar-refractivity contribution in [3.63, 3.8) is 0 Å². The van der Waals surface area contributed by atoms with Crippen LogP contribution in [0.2, 0.25) is 0 Å². The van der Waals surface area contributed by atoms with Gasteiger partial charge < -0.3 is 4.74 Å². The van der Waals surface area contributed by atoms with Crippen molar-refractivity contribution in [2.45, 2.75) is 58.3 Å². The molecular weight excluding hydrogens is 212 g/mol. The fourth-order valence-electron chi connectivity index (χ4n) is 1.49. The third-order valence-corrected chi connectivity index (χ3v) is 2.56. The first-order valence-electron chi connectivity index (χ1n) is 6.68. The fourth-order valence-corrected chi connectivity index (χ4v) is 1.49. The van der Waals surface area contributed by atoms with Gasteiger partial charge in [0.1, 0.15) is 0 Å². The van der Waals surface area contributed by atoms with Gasteiger partial charge in [-0.1, -0.05) is 44.1 Å². The lowest BCUT2D eigenvalue weighted by molar-refractivity contribution is -0.140. The second kappa shape index (κ2) is 13.0. The molecule has 0 aromatic heterocycles. The summed E-state index contributed by atoms with van der Waals surface area (Å²) in [5.41, 5.74) is 0. The predicted molar refractivity (Wildman–Crippen MR) is 72.9 cm³/mol. The van der Waals surface area contributed by atoms with Crippen LogP contribution in [0.1, 0.15) is 58.3 Å². The molecule has 0 radical (unpaired) electrons. The fraction of sp³-hybridized carbons (Fsp3) is 0.667. The molecule has 0 aliphatic heterocycles. The summed E-state index contributed by atoms with van der Waals surface area (Å²) in [6.45, 7) is 2.22. The number of ether oxygens (including phenoxy) is 1. The molecule has 0 spiro atoms. The molecule has 0 aromatic carbocycles. The second-order valence-corrected chi connectivity index (χ2v) is 4.14. The number of rotatable bonds is 10. The monoisotopic (exact) mass is 238 g/mol. The van der Waals surface area contributed by atoms with Gasteiger partial charge in [-0.15, -0.1) is 0 Å². The first-order chi connectivity index (χ1) is 8.31. The Balaban J connectivity index is 3.27. The molecule has 0 amide bonds. The molecule has 98 valence electrons. The largest absolute Gasteiger partial charge is 0.469 e. The summed E-state index contributed by atoms with van der Waals surface area (Å²) in [6, 6.07) is 0. The van der Waals surface area contributed by atoms with E-state index in [1.165, 1.54) is 32.8 Å². The van der Waals surface area contributed by atoms with E-state index in [0.29, 0.717) is 6.42 Å². The van der Waals surface area contributed by atoms with Crippen LogP contribution in [-0.4, -0.2) is 13.1 Å². The molecule has 0 aliphatic carbocycles. The number of allylic oxidation sites excluding steroid dienone is 4. The zero-order chi connectivity index (χ0) is 12.8. The third-order valence-electron chi connectivity index (χ3n) is 2.56. The standard InChI is InChI=1S/C15H26O2/c1-3-4-5-6-7-8-9-10-11-12-13-14-15(16)17-2/h7-8,10-11H,3-6,9,12-14H2,1-2H3. The van der Waals surface area contributed by atoms with Gasteiger partial charge in [0, 0.05) is 6.42 Å². The number of esters is 1. The highest BCUT2D eigenvalue weighted by molar-refractivity contribution is 5.68. The van der Waals surface area contributed by atoms with Crippen LogP contribution in [0.3, 0.4) is 0 Å². The minimum absolute atomic E-state index is 0.116. The number of hydrogen-bond acceptors (Lipinski definition) is 2. The maximum absolute atomic E-state index is 10.8. The first-order valence-corrected chi connectivity index (χ1v) is 6.68. The summed E-state index contributed by atoms with van der Waals surface area (Å²) in [6.07, 6.45) is 17.2. The van der Waals surface area contributed by atoms with Crippen molar-refractivity contribution in [1.29, 1.82) is 0 Å². The van der Waals surface area contributed by atoms with E-state index in [0.717, 1.165) is 19.3 Å². The molecule has 0 unspecified atom stereocenters. The van der Waals surface area contributed by atoms with E-state index < -0.39 is 0 Å². The van der Waals surface area contributed by atoms with Gasteiger partial charge in [-0.05, 0) is 32.1 Å². The van der Waals surface area contributed by atoms with Crippen LogP contribution in [0.15, 0.2) is 24.3 Å². The summed E-state index contributed by atoms with van der Waals surface area (Å²) in [5, 5.41) is 0. The highest BCUT2D eigenvalue weighted by atomic mass is 16.5. The quantitative estimate of drug-likeness (QED) is 0.320. The van der Waals surface area contributed by atoms with E-state index in [-0.39, 0.29) is 5.97 Å². The molecule has 0 heterocycles. The number of unbranched alkanes of at least 4 members (excludes halogenated alkanes) is 4. The van der Waals surface area contributed by atoms with E-state index >= 15 is 0 Å². The molecule has 0 bridgehead atoms. The Labute approximate surface area is 106 Å². The van der Waals surface area contributed by atoms with Gasteiger partial charge in [-0.3, -0.25) is 4.79 Å². The molecule has 0 N–H and O–H groups in total. The Morgan fingerprint density at radius 1 is 1.00 bits per heavy atom. The Morgan fingerprint density at radius 2 is 1.65 bits per heavy atom. The van der Waals surface area contributed by atoms with E-state index in [9.17, 15) is 4.79 Å². The van der Waals surface area contributed by atoms with Crippen molar-refractivity contribution in [2.24, 2.45) is 0 Å². The van der Waals surface area contributed by atoms with Crippen LogP contribution in [0, 0.1) is 0 Å². The normalized spacial score (nSPS) is 11.4. The summed E-state index contributed by atoms with van der Waals surface area (Å²) in [7, 11) is 1.43. The highest BCUT2D eigenvalue weighted by Gasteiger charge is 1.96. The molecule has 0 saturated carbocycles. The molecule has 2 heteroatoms. The zero-order valence-electron chi connectivity index (χ0n) is 11.3. The van der Waals surface area contributed by atoms with Gasteiger partial charge in [0.25, 0.3) is 0 Å². The molecule has 0 rings (SSSR count). The molecule has 0 aromatic rings. The lowest BCUT2D eigenvalue weighted by Crippen LogP contribution is -1.98. The molecule has 0 fully saturated rings. The van der Waals surface area contributed by atoms with E-state index in [4.69, 9.17) is 0 Å². The minimum Gasteiger partial charge on any atom is -0.469 e. The third kappa shape index (κ3) is 12.9. The van der Waals surface area contributed by atoms with Crippen molar-refractivity contribution >= 4 is 5.97 Å². The van der Waals surface area contributed by atoms with Crippen LogP contribution in [0.25, 0.3) is 0 Å². The summed E-state index contributed by atoms with van der Waals surface area (Å²) >= 11 is 0. The Bertz CT molecular complexity index is 229. The van der Waals surface area contributed by atoms with Crippen molar-refractivity contribution in [1.82, 2.24) is 0 Å². The van der Waals surface area contributed by atoms with Gasteiger partial charge in [0.15, 0.2) is 0 Å². The van der Waals surface area contributed by atoms with E-state index in [1.54, 1.807) is 0 Å².